The van der Waals surface area contributed by atoms with Crippen molar-refractivity contribution in [1.82, 2.24) is 14.9 Å². The summed E-state index contributed by atoms with van der Waals surface area (Å²) in [7, 11) is 0. The molecule has 1 saturated heterocycles. The van der Waals surface area contributed by atoms with Gasteiger partial charge in [0.2, 0.25) is 11.7 Å². The fourth-order valence-electron chi connectivity index (χ4n) is 2.63. The van der Waals surface area contributed by atoms with Gasteiger partial charge < -0.3 is 9.64 Å². The molecule has 1 aliphatic heterocycles. The zero-order valence-electron chi connectivity index (χ0n) is 13.7. The van der Waals surface area contributed by atoms with Gasteiger partial charge in [-0.05, 0) is 19.4 Å². The summed E-state index contributed by atoms with van der Waals surface area (Å²) in [6, 6.07) is 11.4. The first-order valence-corrected chi connectivity index (χ1v) is 7.90. The van der Waals surface area contributed by atoms with Crippen LogP contribution in [0.3, 0.4) is 0 Å². The summed E-state index contributed by atoms with van der Waals surface area (Å²) in [4.78, 5) is 34.2. The van der Waals surface area contributed by atoms with Crippen LogP contribution < -0.4 is 4.74 Å². The lowest BCUT2D eigenvalue weighted by Gasteiger charge is -2.19. The van der Waals surface area contributed by atoms with Crippen LogP contribution in [0, 0.1) is 0 Å². The van der Waals surface area contributed by atoms with Crippen molar-refractivity contribution in [3.8, 4) is 5.88 Å². The second-order valence-electron chi connectivity index (χ2n) is 6.00. The van der Waals surface area contributed by atoms with E-state index < -0.39 is 17.6 Å². The van der Waals surface area contributed by atoms with E-state index in [9.17, 15) is 9.59 Å². The molecule has 1 atom stereocenters. The first-order valence-electron chi connectivity index (χ1n) is 7.90. The topological polar surface area (TPSA) is 72.4 Å². The van der Waals surface area contributed by atoms with Crippen molar-refractivity contribution in [2.75, 3.05) is 6.54 Å². The summed E-state index contributed by atoms with van der Waals surface area (Å²) in [5, 5.41) is 0. The average Bonchev–Trinajstić information content (AvgIpc) is 2.90. The molecule has 0 saturated carbocycles. The van der Waals surface area contributed by atoms with Gasteiger partial charge >= 0.3 is 0 Å². The van der Waals surface area contributed by atoms with E-state index in [0.29, 0.717) is 24.9 Å². The third kappa shape index (κ3) is 3.27. The Morgan fingerprint density at radius 1 is 1.21 bits per heavy atom. The smallest absolute Gasteiger partial charge is 0.291 e. The maximum absolute atomic E-state index is 12.2. The lowest BCUT2D eigenvalue weighted by molar-refractivity contribution is -0.141. The van der Waals surface area contributed by atoms with Crippen molar-refractivity contribution in [2.45, 2.75) is 32.4 Å². The number of carbonyl (C=O) groups excluding carboxylic acids is 2. The van der Waals surface area contributed by atoms with E-state index in [1.807, 2.05) is 44.2 Å². The van der Waals surface area contributed by atoms with Crippen molar-refractivity contribution in [3.05, 3.63) is 54.0 Å². The number of benzene rings is 1. The Morgan fingerprint density at radius 3 is 2.62 bits per heavy atom. The Morgan fingerprint density at radius 2 is 1.96 bits per heavy atom. The fraction of sp³-hybridized carbons (Fsp3) is 0.333. The highest BCUT2D eigenvalue weighted by atomic mass is 16.5. The molecular formula is C18H19N3O3. The second kappa shape index (κ2) is 6.78. The molecule has 0 aliphatic carbocycles. The van der Waals surface area contributed by atoms with E-state index in [4.69, 9.17) is 4.74 Å². The maximum Gasteiger partial charge on any atom is 0.291 e. The standard InChI is InChI=1S/C18H19N3O3/c1-12(2)21-10-14(16(22)18(21)23)17-19-9-8-15(20-17)24-11-13-6-4-3-5-7-13/h3-9,12,14H,10-11H2,1-2H3. The number of nitrogens with zero attached hydrogens (tertiary/aromatic N) is 3. The van der Waals surface area contributed by atoms with Crippen LogP contribution in [-0.2, 0) is 16.2 Å². The van der Waals surface area contributed by atoms with E-state index in [-0.39, 0.29) is 6.04 Å². The Kier molecular flexibility index (Phi) is 4.55. The van der Waals surface area contributed by atoms with E-state index in [1.54, 1.807) is 17.2 Å². The highest BCUT2D eigenvalue weighted by Gasteiger charge is 2.42. The van der Waals surface area contributed by atoms with Crippen molar-refractivity contribution in [1.29, 1.82) is 0 Å². The highest BCUT2D eigenvalue weighted by Crippen LogP contribution is 2.25. The molecule has 0 spiro atoms. The molecule has 3 rings (SSSR count). The van der Waals surface area contributed by atoms with Crippen molar-refractivity contribution >= 4 is 11.7 Å². The molecule has 1 unspecified atom stereocenters. The molecule has 0 radical (unpaired) electrons. The van der Waals surface area contributed by atoms with Crippen LogP contribution in [0.25, 0.3) is 0 Å². The molecule has 2 aromatic rings. The average molecular weight is 325 g/mol. The van der Waals surface area contributed by atoms with Gasteiger partial charge in [-0.15, -0.1) is 0 Å². The molecule has 0 N–H and O–H groups in total. The van der Waals surface area contributed by atoms with Crippen LogP contribution in [-0.4, -0.2) is 39.1 Å². The SMILES string of the molecule is CC(C)N1CC(c2nccc(OCc3ccccc3)n2)C(=O)C1=O. The number of hydrogen-bond donors (Lipinski definition) is 0. The minimum Gasteiger partial charge on any atom is -0.473 e. The third-order valence-electron chi connectivity index (χ3n) is 3.98. The second-order valence-corrected chi connectivity index (χ2v) is 6.00. The molecule has 1 aromatic carbocycles. The Labute approximate surface area is 140 Å². The Hall–Kier alpha value is -2.76. The number of ketones is 1. The van der Waals surface area contributed by atoms with Crippen LogP contribution >= 0.6 is 0 Å². The largest absolute Gasteiger partial charge is 0.473 e. The number of ether oxygens (including phenoxy) is 1. The monoisotopic (exact) mass is 325 g/mol. The molecule has 1 amide bonds. The molecule has 124 valence electrons. The molecule has 1 aliphatic rings. The molecule has 6 heteroatoms. The zero-order chi connectivity index (χ0) is 17.1. The number of carbonyl (C=O) groups is 2. The van der Waals surface area contributed by atoms with Crippen LogP contribution in [0.5, 0.6) is 5.88 Å². The van der Waals surface area contributed by atoms with Gasteiger partial charge in [0, 0.05) is 24.8 Å². The predicted molar refractivity (Wildman–Crippen MR) is 87.4 cm³/mol. The van der Waals surface area contributed by atoms with Crippen LogP contribution in [0.2, 0.25) is 0 Å². The summed E-state index contributed by atoms with van der Waals surface area (Å²) in [6.07, 6.45) is 1.55. The van der Waals surface area contributed by atoms with E-state index in [2.05, 4.69) is 9.97 Å². The molecular weight excluding hydrogens is 306 g/mol. The molecule has 0 bridgehead atoms. The van der Waals surface area contributed by atoms with Crippen molar-refractivity contribution in [2.24, 2.45) is 0 Å². The number of hydrogen-bond acceptors (Lipinski definition) is 5. The maximum atomic E-state index is 12.2. The van der Waals surface area contributed by atoms with Gasteiger partial charge in [0.25, 0.3) is 5.91 Å². The third-order valence-corrected chi connectivity index (χ3v) is 3.98. The molecule has 24 heavy (non-hydrogen) atoms. The lowest BCUT2D eigenvalue weighted by Crippen LogP contribution is -2.33. The Balaban J connectivity index is 1.73. The summed E-state index contributed by atoms with van der Waals surface area (Å²) in [5.74, 6) is -0.813. The van der Waals surface area contributed by atoms with Gasteiger partial charge in [0.1, 0.15) is 18.3 Å². The quantitative estimate of drug-likeness (QED) is 0.786. The van der Waals surface area contributed by atoms with Crippen LogP contribution in [0.15, 0.2) is 42.6 Å². The Bertz CT molecular complexity index is 746. The van der Waals surface area contributed by atoms with Gasteiger partial charge in [0.15, 0.2) is 0 Å². The number of rotatable bonds is 5. The number of Topliss-reactive ketones (excluding diaryl/α,β-unsaturated/α-hetero) is 1. The summed E-state index contributed by atoms with van der Waals surface area (Å²) in [6.45, 7) is 4.46. The summed E-state index contributed by atoms with van der Waals surface area (Å²) >= 11 is 0. The van der Waals surface area contributed by atoms with Crippen LogP contribution in [0.4, 0.5) is 0 Å². The number of aromatic nitrogens is 2. The molecule has 6 nitrogen and oxygen atoms in total. The van der Waals surface area contributed by atoms with E-state index in [1.165, 1.54) is 0 Å². The van der Waals surface area contributed by atoms with Gasteiger partial charge in [-0.25, -0.2) is 4.98 Å². The molecule has 1 fully saturated rings. The first-order chi connectivity index (χ1) is 11.6. The number of amides is 1. The van der Waals surface area contributed by atoms with Gasteiger partial charge in [0.05, 0.1) is 0 Å². The fourth-order valence-corrected chi connectivity index (χ4v) is 2.63. The van der Waals surface area contributed by atoms with Gasteiger partial charge in [-0.3, -0.25) is 9.59 Å². The normalized spacial score (nSPS) is 17.6. The predicted octanol–water partition coefficient (Wildman–Crippen LogP) is 1.96. The van der Waals surface area contributed by atoms with Crippen molar-refractivity contribution < 1.29 is 14.3 Å². The van der Waals surface area contributed by atoms with Crippen molar-refractivity contribution in [3.63, 3.8) is 0 Å². The van der Waals surface area contributed by atoms with Crippen LogP contribution in [0.1, 0.15) is 31.2 Å². The first kappa shape index (κ1) is 16.1. The van der Waals surface area contributed by atoms with E-state index >= 15 is 0 Å². The minimum absolute atomic E-state index is 0.0241. The molecule has 2 heterocycles. The number of likely N-dealkylation sites (tertiary alicyclic amines) is 1. The lowest BCUT2D eigenvalue weighted by atomic mass is 10.1. The molecule has 1 aromatic heterocycles. The summed E-state index contributed by atoms with van der Waals surface area (Å²) in [5.41, 5.74) is 1.02. The van der Waals surface area contributed by atoms with Gasteiger partial charge in [-0.1, -0.05) is 30.3 Å². The zero-order valence-corrected chi connectivity index (χ0v) is 13.7. The highest BCUT2D eigenvalue weighted by molar-refractivity contribution is 6.40. The van der Waals surface area contributed by atoms with E-state index in [0.717, 1.165) is 5.56 Å². The summed E-state index contributed by atoms with van der Waals surface area (Å²) < 4.78 is 5.67. The van der Waals surface area contributed by atoms with Gasteiger partial charge in [-0.2, -0.15) is 4.98 Å². The minimum atomic E-state index is -0.625.